The van der Waals surface area contributed by atoms with E-state index in [2.05, 4.69) is 0 Å². The van der Waals surface area contributed by atoms with Crippen molar-refractivity contribution in [2.75, 3.05) is 0 Å². The minimum atomic E-state index is -0.258. The number of esters is 1. The summed E-state index contributed by atoms with van der Waals surface area (Å²) in [6, 6.07) is 0. The highest BCUT2D eigenvalue weighted by Crippen LogP contribution is 2.38. The van der Waals surface area contributed by atoms with Gasteiger partial charge in [-0.25, -0.2) is 0 Å². The fourth-order valence-electron chi connectivity index (χ4n) is 2.75. The van der Waals surface area contributed by atoms with Crippen LogP contribution in [0.15, 0.2) is 0 Å². The third-order valence-corrected chi connectivity index (χ3v) is 3.40. The third-order valence-electron chi connectivity index (χ3n) is 3.40. The molecule has 2 saturated carbocycles. The molecule has 0 spiro atoms. The Hall–Kier alpha value is -0.860. The van der Waals surface area contributed by atoms with Crippen molar-refractivity contribution in [1.29, 1.82) is 0 Å². The Kier molecular flexibility index (Phi) is 2.57. The minimum absolute atomic E-state index is 0.00593. The number of hydrogen-bond donors (Lipinski definition) is 0. The molecule has 2 bridgehead atoms. The second-order valence-electron chi connectivity index (χ2n) is 4.36. The van der Waals surface area contributed by atoms with E-state index in [1.165, 1.54) is 6.92 Å². The molecule has 0 radical (unpaired) electrons. The quantitative estimate of drug-likeness (QED) is 0.599. The van der Waals surface area contributed by atoms with Crippen molar-refractivity contribution in [1.82, 2.24) is 0 Å². The van der Waals surface area contributed by atoms with Gasteiger partial charge in [0.2, 0.25) is 0 Å². The van der Waals surface area contributed by atoms with Gasteiger partial charge in [0.05, 0.1) is 5.92 Å². The number of carbonyl (C=O) groups excluding carboxylic acids is 2. The largest absolute Gasteiger partial charge is 0.462 e. The topological polar surface area (TPSA) is 43.4 Å². The molecule has 2 fully saturated rings. The van der Waals surface area contributed by atoms with Crippen LogP contribution in [0.3, 0.4) is 0 Å². The molecule has 0 aromatic rings. The number of rotatable bonds is 1. The normalized spacial score (nSPS) is 36.6. The van der Waals surface area contributed by atoms with Crippen LogP contribution in [0.4, 0.5) is 0 Å². The van der Waals surface area contributed by atoms with Crippen molar-refractivity contribution < 1.29 is 14.3 Å². The van der Waals surface area contributed by atoms with Crippen LogP contribution in [0, 0.1) is 11.8 Å². The van der Waals surface area contributed by atoms with Crippen LogP contribution < -0.4 is 0 Å². The molecule has 3 nitrogen and oxygen atoms in total. The second-order valence-corrected chi connectivity index (χ2v) is 4.36. The van der Waals surface area contributed by atoms with Crippen LogP contribution in [-0.4, -0.2) is 17.9 Å². The molecule has 3 heteroatoms. The van der Waals surface area contributed by atoms with Crippen LogP contribution in [0.2, 0.25) is 0 Å². The number of ether oxygens (including phenoxy) is 1. The van der Waals surface area contributed by atoms with E-state index in [1.54, 1.807) is 0 Å². The first-order valence-corrected chi connectivity index (χ1v) is 5.39. The van der Waals surface area contributed by atoms with Gasteiger partial charge < -0.3 is 4.74 Å². The molecule has 0 saturated heterocycles. The minimum Gasteiger partial charge on any atom is -0.462 e. The molecule has 0 aliphatic heterocycles. The summed E-state index contributed by atoms with van der Waals surface area (Å²) in [4.78, 5) is 22.7. The van der Waals surface area contributed by atoms with Crippen LogP contribution in [0.5, 0.6) is 0 Å². The van der Waals surface area contributed by atoms with Gasteiger partial charge in [-0.1, -0.05) is 6.42 Å². The summed E-state index contributed by atoms with van der Waals surface area (Å²) in [6.07, 6.45) is 4.72. The van der Waals surface area contributed by atoms with Gasteiger partial charge in [0, 0.05) is 12.8 Å². The van der Waals surface area contributed by atoms with Gasteiger partial charge in [0.25, 0.3) is 0 Å². The molecular formula is C11H16O3. The maximum atomic E-state index is 11.8. The van der Waals surface area contributed by atoms with Crippen LogP contribution in [-0.2, 0) is 14.3 Å². The Bertz CT molecular complexity index is 259. The fourth-order valence-corrected chi connectivity index (χ4v) is 2.75. The van der Waals surface area contributed by atoms with Gasteiger partial charge in [0.1, 0.15) is 11.9 Å². The Labute approximate surface area is 83.8 Å². The first-order chi connectivity index (χ1) is 6.68. The molecule has 3 atom stereocenters. The summed E-state index contributed by atoms with van der Waals surface area (Å²) in [7, 11) is 0. The van der Waals surface area contributed by atoms with Crippen molar-refractivity contribution in [3.05, 3.63) is 0 Å². The van der Waals surface area contributed by atoms with Crippen LogP contribution >= 0.6 is 0 Å². The summed E-state index contributed by atoms with van der Waals surface area (Å²) < 4.78 is 5.19. The molecule has 78 valence electrons. The van der Waals surface area contributed by atoms with Crippen molar-refractivity contribution >= 4 is 11.8 Å². The molecular weight excluding hydrogens is 180 g/mol. The summed E-state index contributed by atoms with van der Waals surface area (Å²) in [6.45, 7) is 1.42. The molecule has 2 aliphatic rings. The lowest BCUT2D eigenvalue weighted by Gasteiger charge is -2.37. The summed E-state index contributed by atoms with van der Waals surface area (Å²) in [5.41, 5.74) is 0. The van der Waals surface area contributed by atoms with E-state index >= 15 is 0 Å². The highest BCUT2D eigenvalue weighted by Gasteiger charge is 2.41. The van der Waals surface area contributed by atoms with E-state index in [1.807, 2.05) is 0 Å². The number of hydrogen-bond acceptors (Lipinski definition) is 3. The lowest BCUT2D eigenvalue weighted by Crippen LogP contribution is -2.43. The maximum Gasteiger partial charge on any atom is 0.302 e. The lowest BCUT2D eigenvalue weighted by molar-refractivity contribution is -0.157. The monoisotopic (exact) mass is 196 g/mol. The number of ketones is 1. The van der Waals surface area contributed by atoms with Gasteiger partial charge in [-0.15, -0.1) is 0 Å². The van der Waals surface area contributed by atoms with Crippen LogP contribution in [0.25, 0.3) is 0 Å². The lowest BCUT2D eigenvalue weighted by atomic mass is 9.70. The molecule has 0 unspecified atom stereocenters. The maximum absolute atomic E-state index is 11.8. The zero-order valence-corrected chi connectivity index (χ0v) is 8.49. The van der Waals surface area contributed by atoms with Gasteiger partial charge >= 0.3 is 5.97 Å². The third kappa shape index (κ3) is 1.68. The first-order valence-electron chi connectivity index (χ1n) is 5.39. The highest BCUT2D eigenvalue weighted by molar-refractivity contribution is 5.85. The first kappa shape index (κ1) is 9.69. The van der Waals surface area contributed by atoms with Crippen molar-refractivity contribution in [2.24, 2.45) is 11.8 Å². The fraction of sp³-hybridized carbons (Fsp3) is 0.818. The summed E-state index contributed by atoms with van der Waals surface area (Å²) >= 11 is 0. The van der Waals surface area contributed by atoms with E-state index in [0.717, 1.165) is 32.1 Å². The molecule has 0 N–H and O–H groups in total. The molecule has 0 heterocycles. The van der Waals surface area contributed by atoms with E-state index in [-0.39, 0.29) is 23.9 Å². The zero-order chi connectivity index (χ0) is 10.1. The average Bonchev–Trinajstić information content (AvgIpc) is 2.09. The predicted molar refractivity (Wildman–Crippen MR) is 50.6 cm³/mol. The van der Waals surface area contributed by atoms with Crippen molar-refractivity contribution in [3.8, 4) is 0 Å². The van der Waals surface area contributed by atoms with Crippen molar-refractivity contribution in [3.63, 3.8) is 0 Å². The smallest absolute Gasteiger partial charge is 0.302 e. The highest BCUT2D eigenvalue weighted by atomic mass is 16.5. The molecule has 0 aromatic carbocycles. The van der Waals surface area contributed by atoms with Gasteiger partial charge in [0.15, 0.2) is 0 Å². The Morgan fingerprint density at radius 1 is 1.29 bits per heavy atom. The number of fused-ring (bicyclic) bond motifs is 2. The Morgan fingerprint density at radius 2 is 2.07 bits per heavy atom. The van der Waals surface area contributed by atoms with E-state index < -0.39 is 0 Å². The molecule has 0 amide bonds. The number of carbonyl (C=O) groups is 2. The standard InChI is InChI=1S/C11H16O3/c1-7(12)14-10-6-5-8-3-2-4-9(10)11(8)13/h8-10H,2-6H2,1H3/t8-,9+,10+/m1/s1. The zero-order valence-electron chi connectivity index (χ0n) is 8.49. The predicted octanol–water partition coefficient (Wildman–Crippen LogP) is 1.70. The van der Waals surface area contributed by atoms with Gasteiger partial charge in [-0.05, 0) is 25.7 Å². The number of Topliss-reactive ketones (excluding diaryl/α,β-unsaturated/α-hetero) is 1. The second kappa shape index (κ2) is 3.71. The molecule has 14 heavy (non-hydrogen) atoms. The Balaban J connectivity index is 2.06. The van der Waals surface area contributed by atoms with E-state index in [4.69, 9.17) is 4.74 Å². The summed E-state index contributed by atoms with van der Waals surface area (Å²) in [5.74, 6) is 0.354. The van der Waals surface area contributed by atoms with Gasteiger partial charge in [-0.2, -0.15) is 0 Å². The Morgan fingerprint density at radius 3 is 2.79 bits per heavy atom. The molecule has 2 aliphatic carbocycles. The van der Waals surface area contributed by atoms with E-state index in [0.29, 0.717) is 5.78 Å². The molecule has 2 rings (SSSR count). The van der Waals surface area contributed by atoms with Crippen LogP contribution in [0.1, 0.15) is 39.0 Å². The molecule has 0 aromatic heterocycles. The SMILES string of the molecule is CC(=O)O[C@H]1CC[C@H]2CCC[C@@H]1C2=O. The van der Waals surface area contributed by atoms with Crippen molar-refractivity contribution in [2.45, 2.75) is 45.1 Å². The summed E-state index contributed by atoms with van der Waals surface area (Å²) in [5, 5.41) is 0. The van der Waals surface area contributed by atoms with Gasteiger partial charge in [-0.3, -0.25) is 9.59 Å². The van der Waals surface area contributed by atoms with E-state index in [9.17, 15) is 9.59 Å². The average molecular weight is 196 g/mol.